The Balaban J connectivity index is 1.98. The maximum Gasteiger partial charge on any atom is 0.165 e. The van der Waals surface area contributed by atoms with Gasteiger partial charge in [-0.1, -0.05) is 36.0 Å². The number of hydrogen-bond acceptors (Lipinski definition) is 3. The quantitative estimate of drug-likeness (QED) is 0.793. The van der Waals surface area contributed by atoms with E-state index in [-0.39, 0.29) is 0 Å². The number of rotatable bonds is 3. The van der Waals surface area contributed by atoms with E-state index in [9.17, 15) is 0 Å². The molecule has 20 heavy (non-hydrogen) atoms. The molecule has 0 aromatic carbocycles. The first kappa shape index (κ1) is 13.8. The minimum Gasteiger partial charge on any atom is -0.272 e. The highest BCUT2D eigenvalue weighted by atomic mass is 35.5. The first-order chi connectivity index (χ1) is 9.69. The Morgan fingerprint density at radius 2 is 1.85 bits per heavy atom. The summed E-state index contributed by atoms with van der Waals surface area (Å²) >= 11 is 12.7. The van der Waals surface area contributed by atoms with Crippen LogP contribution in [-0.2, 0) is 6.54 Å². The van der Waals surface area contributed by atoms with Crippen LogP contribution in [0.1, 0.15) is 44.1 Å². The first-order valence-corrected chi connectivity index (χ1v) is 7.70. The van der Waals surface area contributed by atoms with Gasteiger partial charge in [0, 0.05) is 18.3 Å². The van der Waals surface area contributed by atoms with Crippen LogP contribution in [0.4, 0.5) is 0 Å². The molecule has 1 saturated carbocycles. The topological polar surface area (TPSA) is 43.6 Å². The molecule has 2 aromatic rings. The van der Waals surface area contributed by atoms with Crippen molar-refractivity contribution in [3.05, 3.63) is 28.3 Å². The predicted octanol–water partition coefficient (Wildman–Crippen LogP) is 4.32. The minimum absolute atomic E-state index is 0.405. The molecule has 0 radical (unpaired) electrons. The fraction of sp³-hybridized carbons (Fsp3) is 0.500. The summed E-state index contributed by atoms with van der Waals surface area (Å²) in [5.74, 6) is 0.948. The normalized spacial score (nSPS) is 15.9. The van der Waals surface area contributed by atoms with E-state index in [4.69, 9.17) is 23.2 Å². The van der Waals surface area contributed by atoms with Gasteiger partial charge in [-0.3, -0.25) is 4.68 Å². The number of hydrogen-bond donors (Lipinski definition) is 0. The van der Waals surface area contributed by atoms with Crippen molar-refractivity contribution in [2.24, 2.45) is 0 Å². The molecule has 1 aliphatic rings. The van der Waals surface area contributed by atoms with Crippen LogP contribution in [0, 0.1) is 0 Å². The van der Waals surface area contributed by atoms with Gasteiger partial charge in [0.1, 0.15) is 10.3 Å². The lowest BCUT2D eigenvalue weighted by atomic mass is 10.0. The van der Waals surface area contributed by atoms with Crippen LogP contribution in [0.15, 0.2) is 12.4 Å². The summed E-state index contributed by atoms with van der Waals surface area (Å²) in [5.41, 5.74) is 1.76. The second kappa shape index (κ2) is 5.70. The zero-order valence-corrected chi connectivity index (χ0v) is 12.8. The molecule has 0 saturated heterocycles. The van der Waals surface area contributed by atoms with E-state index in [1.165, 1.54) is 12.8 Å². The lowest BCUT2D eigenvalue weighted by Gasteiger charge is -2.13. The second-order valence-corrected chi connectivity index (χ2v) is 5.82. The number of aryl methyl sites for hydroxylation is 1. The Kier molecular flexibility index (Phi) is 3.94. The van der Waals surface area contributed by atoms with Crippen molar-refractivity contribution in [2.75, 3.05) is 0 Å². The van der Waals surface area contributed by atoms with Crippen LogP contribution in [0.2, 0.25) is 10.3 Å². The average molecular weight is 311 g/mol. The Morgan fingerprint density at radius 1 is 1.20 bits per heavy atom. The lowest BCUT2D eigenvalue weighted by molar-refractivity contribution is 0.660. The van der Waals surface area contributed by atoms with Crippen molar-refractivity contribution in [1.29, 1.82) is 0 Å². The molecule has 0 bridgehead atoms. The van der Waals surface area contributed by atoms with E-state index in [1.807, 2.05) is 17.8 Å². The van der Waals surface area contributed by atoms with Gasteiger partial charge in [0.05, 0.1) is 11.8 Å². The molecule has 0 N–H and O–H groups in total. The molecule has 0 spiro atoms. The van der Waals surface area contributed by atoms with E-state index >= 15 is 0 Å². The predicted molar refractivity (Wildman–Crippen MR) is 80.2 cm³/mol. The van der Waals surface area contributed by atoms with Gasteiger partial charge in [-0.2, -0.15) is 5.10 Å². The number of nitrogens with zero attached hydrogens (tertiary/aromatic N) is 4. The Labute approximate surface area is 128 Å². The first-order valence-electron chi connectivity index (χ1n) is 6.94. The van der Waals surface area contributed by atoms with Gasteiger partial charge in [-0.25, -0.2) is 9.97 Å². The SMILES string of the molecule is CCn1cc(-c2nc(Cl)c(C3CCCC3)c(Cl)n2)cn1. The molecule has 0 atom stereocenters. The second-order valence-electron chi connectivity index (χ2n) is 5.11. The molecule has 106 valence electrons. The molecular weight excluding hydrogens is 295 g/mol. The average Bonchev–Trinajstić information content (AvgIpc) is 3.09. The largest absolute Gasteiger partial charge is 0.272 e. The molecule has 1 fully saturated rings. The van der Waals surface area contributed by atoms with E-state index in [2.05, 4.69) is 15.1 Å². The fourth-order valence-corrected chi connectivity index (χ4v) is 3.45. The van der Waals surface area contributed by atoms with Gasteiger partial charge in [-0.05, 0) is 25.7 Å². The summed E-state index contributed by atoms with van der Waals surface area (Å²) in [4.78, 5) is 8.83. The van der Waals surface area contributed by atoms with Crippen molar-refractivity contribution in [3.63, 3.8) is 0 Å². The molecule has 4 nitrogen and oxygen atoms in total. The highest BCUT2D eigenvalue weighted by molar-refractivity contribution is 6.34. The van der Waals surface area contributed by atoms with E-state index < -0.39 is 0 Å². The van der Waals surface area contributed by atoms with Gasteiger partial charge in [0.15, 0.2) is 5.82 Å². The van der Waals surface area contributed by atoms with Crippen molar-refractivity contribution >= 4 is 23.2 Å². The van der Waals surface area contributed by atoms with E-state index in [1.54, 1.807) is 6.20 Å². The summed E-state index contributed by atoms with van der Waals surface area (Å²) in [6.07, 6.45) is 8.33. The monoisotopic (exact) mass is 310 g/mol. The van der Waals surface area contributed by atoms with Gasteiger partial charge in [-0.15, -0.1) is 0 Å². The van der Waals surface area contributed by atoms with Gasteiger partial charge in [0.25, 0.3) is 0 Å². The van der Waals surface area contributed by atoms with Gasteiger partial charge < -0.3 is 0 Å². The molecule has 0 amide bonds. The van der Waals surface area contributed by atoms with Gasteiger partial charge >= 0.3 is 0 Å². The standard InChI is InChI=1S/C14H16Cl2N4/c1-2-20-8-10(7-17-20)14-18-12(15)11(13(16)19-14)9-5-3-4-6-9/h7-9H,2-6H2,1H3. The number of aromatic nitrogens is 4. The van der Waals surface area contributed by atoms with Crippen LogP contribution < -0.4 is 0 Å². The van der Waals surface area contributed by atoms with E-state index in [0.29, 0.717) is 22.0 Å². The zero-order valence-electron chi connectivity index (χ0n) is 11.3. The highest BCUT2D eigenvalue weighted by Gasteiger charge is 2.24. The van der Waals surface area contributed by atoms with Crippen LogP contribution in [0.3, 0.4) is 0 Å². The summed E-state index contributed by atoms with van der Waals surface area (Å²) in [5, 5.41) is 5.19. The van der Waals surface area contributed by atoms with Crippen LogP contribution >= 0.6 is 23.2 Å². The summed E-state index contributed by atoms with van der Waals surface area (Å²) in [7, 11) is 0. The zero-order chi connectivity index (χ0) is 14.1. The molecule has 0 unspecified atom stereocenters. The highest BCUT2D eigenvalue weighted by Crippen LogP contribution is 2.40. The smallest absolute Gasteiger partial charge is 0.165 e. The Bertz CT molecular complexity index is 594. The third-order valence-corrected chi connectivity index (χ3v) is 4.41. The lowest BCUT2D eigenvalue weighted by Crippen LogP contribution is -2.01. The fourth-order valence-electron chi connectivity index (χ4n) is 2.75. The maximum absolute atomic E-state index is 6.34. The van der Waals surface area contributed by atoms with Crippen molar-refractivity contribution in [1.82, 2.24) is 19.7 Å². The molecule has 3 rings (SSSR count). The molecule has 2 aromatic heterocycles. The molecule has 0 aliphatic heterocycles. The molecule has 6 heteroatoms. The Hall–Kier alpha value is -1.13. The van der Waals surface area contributed by atoms with Crippen LogP contribution in [0.5, 0.6) is 0 Å². The molecular formula is C14H16Cl2N4. The van der Waals surface area contributed by atoms with E-state index in [0.717, 1.165) is 30.5 Å². The minimum atomic E-state index is 0.405. The van der Waals surface area contributed by atoms with Crippen LogP contribution in [0.25, 0.3) is 11.4 Å². The third kappa shape index (κ3) is 2.54. The molecule has 2 heterocycles. The number of halogens is 2. The molecule has 1 aliphatic carbocycles. The van der Waals surface area contributed by atoms with Crippen LogP contribution in [-0.4, -0.2) is 19.7 Å². The maximum atomic E-state index is 6.34. The Morgan fingerprint density at radius 3 is 2.40 bits per heavy atom. The van der Waals surface area contributed by atoms with Gasteiger partial charge in [0.2, 0.25) is 0 Å². The summed E-state index contributed by atoms with van der Waals surface area (Å²) in [6, 6.07) is 0. The van der Waals surface area contributed by atoms with Crippen molar-refractivity contribution < 1.29 is 0 Å². The van der Waals surface area contributed by atoms with Crippen molar-refractivity contribution in [3.8, 4) is 11.4 Å². The summed E-state index contributed by atoms with van der Waals surface area (Å²) in [6.45, 7) is 2.84. The van der Waals surface area contributed by atoms with Crippen molar-refractivity contribution in [2.45, 2.75) is 45.1 Å². The third-order valence-electron chi connectivity index (χ3n) is 3.83. The summed E-state index contributed by atoms with van der Waals surface area (Å²) < 4.78 is 1.82.